The van der Waals surface area contributed by atoms with Crippen LogP contribution in [-0.2, 0) is 14.3 Å². The summed E-state index contributed by atoms with van der Waals surface area (Å²) in [6.45, 7) is 5.79. The van der Waals surface area contributed by atoms with Crippen LogP contribution >= 0.6 is 0 Å². The number of hydrogen-bond donors (Lipinski definition) is 0. The molecule has 2 saturated heterocycles. The number of nitrogens with zero attached hydrogens (tertiary/aromatic N) is 1. The molecular weight excluding hydrogens is 246 g/mol. The highest BCUT2D eigenvalue weighted by atomic mass is 16.6. The summed E-state index contributed by atoms with van der Waals surface area (Å²) in [5.41, 5.74) is 0. The summed E-state index contributed by atoms with van der Waals surface area (Å²) in [7, 11) is 0. The second-order valence-electron chi connectivity index (χ2n) is 5.79. The highest BCUT2D eigenvalue weighted by Crippen LogP contribution is 2.22. The molecule has 2 fully saturated rings. The molecule has 2 aliphatic rings. The van der Waals surface area contributed by atoms with Gasteiger partial charge in [0.25, 0.3) is 0 Å². The number of likely N-dealkylation sites (tertiary alicyclic amines) is 1. The molecule has 2 heterocycles. The number of hydrogen-bond acceptors (Lipinski definition) is 4. The SMILES string of the molecule is CC(C)CC(=O)C1CCCN1C(=O)OC1CCOC1. The number of ketones is 1. The molecule has 108 valence electrons. The molecule has 0 saturated carbocycles. The van der Waals surface area contributed by atoms with E-state index in [-0.39, 0.29) is 24.0 Å². The first kappa shape index (κ1) is 14.3. The number of carbonyl (C=O) groups is 2. The molecule has 1 amide bonds. The molecule has 5 heteroatoms. The Morgan fingerprint density at radius 3 is 2.79 bits per heavy atom. The Bertz CT molecular complexity index is 336. The molecule has 0 aromatic carbocycles. The van der Waals surface area contributed by atoms with E-state index in [2.05, 4.69) is 0 Å². The van der Waals surface area contributed by atoms with E-state index in [0.29, 0.717) is 32.1 Å². The van der Waals surface area contributed by atoms with Gasteiger partial charge >= 0.3 is 6.09 Å². The van der Waals surface area contributed by atoms with E-state index < -0.39 is 0 Å². The van der Waals surface area contributed by atoms with E-state index in [4.69, 9.17) is 9.47 Å². The summed E-state index contributed by atoms with van der Waals surface area (Å²) in [6.07, 6.45) is 2.43. The lowest BCUT2D eigenvalue weighted by atomic mass is 10.0. The zero-order chi connectivity index (χ0) is 13.8. The van der Waals surface area contributed by atoms with Crippen molar-refractivity contribution >= 4 is 11.9 Å². The van der Waals surface area contributed by atoms with Crippen LogP contribution in [0.4, 0.5) is 4.79 Å². The van der Waals surface area contributed by atoms with E-state index in [9.17, 15) is 9.59 Å². The predicted molar refractivity (Wildman–Crippen MR) is 69.9 cm³/mol. The minimum absolute atomic E-state index is 0.144. The van der Waals surface area contributed by atoms with Crippen LogP contribution in [0.25, 0.3) is 0 Å². The van der Waals surface area contributed by atoms with Gasteiger partial charge in [-0.1, -0.05) is 13.8 Å². The zero-order valence-corrected chi connectivity index (χ0v) is 11.8. The lowest BCUT2D eigenvalue weighted by molar-refractivity contribution is -0.123. The van der Waals surface area contributed by atoms with E-state index in [0.717, 1.165) is 19.3 Å². The highest BCUT2D eigenvalue weighted by molar-refractivity contribution is 5.88. The maximum absolute atomic E-state index is 12.1. The summed E-state index contributed by atoms with van der Waals surface area (Å²) < 4.78 is 10.6. The first-order valence-corrected chi connectivity index (χ1v) is 7.15. The summed E-state index contributed by atoms with van der Waals surface area (Å²) in [5, 5.41) is 0. The summed E-state index contributed by atoms with van der Waals surface area (Å²) >= 11 is 0. The van der Waals surface area contributed by atoms with Crippen LogP contribution in [0.3, 0.4) is 0 Å². The number of rotatable bonds is 4. The minimum atomic E-state index is -0.352. The van der Waals surface area contributed by atoms with Crippen LogP contribution in [0.5, 0.6) is 0 Å². The molecule has 0 radical (unpaired) electrons. The maximum atomic E-state index is 12.1. The van der Waals surface area contributed by atoms with Crippen molar-refractivity contribution in [2.75, 3.05) is 19.8 Å². The van der Waals surface area contributed by atoms with E-state index in [1.165, 1.54) is 0 Å². The molecule has 0 N–H and O–H groups in total. The van der Waals surface area contributed by atoms with Crippen LogP contribution in [0.1, 0.15) is 39.5 Å². The Kier molecular flexibility index (Phi) is 4.80. The second-order valence-corrected chi connectivity index (χ2v) is 5.79. The van der Waals surface area contributed by atoms with Gasteiger partial charge < -0.3 is 9.47 Å². The Balaban J connectivity index is 1.89. The fourth-order valence-corrected chi connectivity index (χ4v) is 2.67. The molecular formula is C14H23NO4. The van der Waals surface area contributed by atoms with Gasteiger partial charge in [0.05, 0.1) is 19.3 Å². The molecule has 0 aliphatic carbocycles. The van der Waals surface area contributed by atoms with E-state index in [1.807, 2.05) is 13.8 Å². The van der Waals surface area contributed by atoms with Crippen LogP contribution in [0, 0.1) is 5.92 Å². The molecule has 2 aliphatic heterocycles. The number of amides is 1. The van der Waals surface area contributed by atoms with E-state index in [1.54, 1.807) is 4.90 Å². The highest BCUT2D eigenvalue weighted by Gasteiger charge is 2.36. The van der Waals surface area contributed by atoms with Crippen molar-refractivity contribution in [2.24, 2.45) is 5.92 Å². The predicted octanol–water partition coefficient (Wildman–Crippen LogP) is 1.99. The Labute approximate surface area is 114 Å². The average molecular weight is 269 g/mol. The summed E-state index contributed by atoms with van der Waals surface area (Å²) in [5.74, 6) is 0.487. The van der Waals surface area contributed by atoms with Gasteiger partial charge in [0.2, 0.25) is 0 Å². The van der Waals surface area contributed by atoms with Gasteiger partial charge in [-0.2, -0.15) is 0 Å². The van der Waals surface area contributed by atoms with Crippen LogP contribution in [0.2, 0.25) is 0 Å². The van der Waals surface area contributed by atoms with Crippen molar-refractivity contribution in [2.45, 2.75) is 51.7 Å². The standard InChI is InChI=1S/C14H23NO4/c1-10(2)8-13(16)12-4-3-6-15(12)14(17)19-11-5-7-18-9-11/h10-12H,3-9H2,1-2H3. The first-order valence-electron chi connectivity index (χ1n) is 7.15. The van der Waals surface area contributed by atoms with Gasteiger partial charge in [0.15, 0.2) is 5.78 Å². The minimum Gasteiger partial charge on any atom is -0.444 e. The largest absolute Gasteiger partial charge is 0.444 e. The van der Waals surface area contributed by atoms with Gasteiger partial charge in [0.1, 0.15) is 6.10 Å². The maximum Gasteiger partial charge on any atom is 0.410 e. The van der Waals surface area contributed by atoms with Crippen molar-refractivity contribution in [3.63, 3.8) is 0 Å². The third-order valence-corrected chi connectivity index (χ3v) is 3.62. The third-order valence-electron chi connectivity index (χ3n) is 3.62. The monoisotopic (exact) mass is 269 g/mol. The number of carbonyl (C=O) groups excluding carboxylic acids is 2. The van der Waals surface area contributed by atoms with Crippen LogP contribution in [-0.4, -0.2) is 48.7 Å². The molecule has 0 aromatic heterocycles. The smallest absolute Gasteiger partial charge is 0.410 e. The van der Waals surface area contributed by atoms with E-state index >= 15 is 0 Å². The van der Waals surface area contributed by atoms with Gasteiger partial charge in [-0.3, -0.25) is 9.69 Å². The lowest BCUT2D eigenvalue weighted by Crippen LogP contribution is -2.42. The van der Waals surface area contributed by atoms with Gasteiger partial charge in [0, 0.05) is 19.4 Å². The quantitative estimate of drug-likeness (QED) is 0.783. The number of Topliss-reactive ketones (excluding diaryl/α,β-unsaturated/α-hetero) is 1. The first-order chi connectivity index (χ1) is 9.08. The van der Waals surface area contributed by atoms with Gasteiger partial charge in [-0.05, 0) is 18.8 Å². The summed E-state index contributed by atoms with van der Waals surface area (Å²) in [4.78, 5) is 25.8. The van der Waals surface area contributed by atoms with Crippen LogP contribution in [0.15, 0.2) is 0 Å². The fourth-order valence-electron chi connectivity index (χ4n) is 2.67. The second kappa shape index (κ2) is 6.37. The van der Waals surface area contributed by atoms with Crippen molar-refractivity contribution in [1.82, 2.24) is 4.90 Å². The molecule has 19 heavy (non-hydrogen) atoms. The Morgan fingerprint density at radius 1 is 1.37 bits per heavy atom. The topological polar surface area (TPSA) is 55.8 Å². The number of ether oxygens (including phenoxy) is 2. The van der Waals surface area contributed by atoms with Crippen molar-refractivity contribution < 1.29 is 19.1 Å². The van der Waals surface area contributed by atoms with Gasteiger partial charge in [-0.25, -0.2) is 4.79 Å². The molecule has 2 unspecified atom stereocenters. The average Bonchev–Trinajstić information content (AvgIpc) is 2.97. The van der Waals surface area contributed by atoms with Crippen molar-refractivity contribution in [3.05, 3.63) is 0 Å². The molecule has 0 aromatic rings. The third kappa shape index (κ3) is 3.69. The van der Waals surface area contributed by atoms with Crippen LogP contribution < -0.4 is 0 Å². The van der Waals surface area contributed by atoms with Crippen molar-refractivity contribution in [3.8, 4) is 0 Å². The van der Waals surface area contributed by atoms with Crippen molar-refractivity contribution in [1.29, 1.82) is 0 Å². The lowest BCUT2D eigenvalue weighted by Gasteiger charge is -2.25. The molecule has 2 rings (SSSR count). The normalized spacial score (nSPS) is 27.0. The fraction of sp³-hybridized carbons (Fsp3) is 0.857. The Hall–Kier alpha value is -1.10. The molecule has 5 nitrogen and oxygen atoms in total. The Morgan fingerprint density at radius 2 is 2.16 bits per heavy atom. The summed E-state index contributed by atoms with van der Waals surface area (Å²) in [6, 6.07) is -0.280. The molecule has 0 spiro atoms. The van der Waals surface area contributed by atoms with Gasteiger partial charge in [-0.15, -0.1) is 0 Å². The zero-order valence-electron chi connectivity index (χ0n) is 11.8. The molecule has 2 atom stereocenters. The molecule has 0 bridgehead atoms.